The van der Waals surface area contributed by atoms with Gasteiger partial charge in [-0.05, 0) is 78.9 Å². The first-order valence-corrected chi connectivity index (χ1v) is 13.1. The van der Waals surface area contributed by atoms with Crippen LogP contribution in [0.25, 0.3) is 5.69 Å². The lowest BCUT2D eigenvalue weighted by Crippen LogP contribution is -2.30. The molecule has 2 aromatic heterocycles. The second kappa shape index (κ2) is 10.9. The molecule has 3 heterocycles. The Hall–Kier alpha value is -4.21. The van der Waals surface area contributed by atoms with Crippen LogP contribution in [0.3, 0.4) is 0 Å². The molecular weight excluding hydrogens is 534 g/mol. The van der Waals surface area contributed by atoms with Gasteiger partial charge in [0, 0.05) is 35.4 Å². The van der Waals surface area contributed by atoms with Crippen molar-refractivity contribution in [1.29, 1.82) is 0 Å². The van der Waals surface area contributed by atoms with Crippen LogP contribution in [0, 0.1) is 5.92 Å². The molecule has 39 heavy (non-hydrogen) atoms. The Kier molecular flexibility index (Phi) is 7.36. The van der Waals surface area contributed by atoms with E-state index in [-0.39, 0.29) is 29.5 Å². The van der Waals surface area contributed by atoms with E-state index in [0.717, 1.165) is 22.8 Å². The molecule has 2 atom stereocenters. The number of aromatic nitrogens is 2. The lowest BCUT2D eigenvalue weighted by atomic mass is 10.0. The Balaban J connectivity index is 1.59. The maximum atomic E-state index is 12.2. The molecule has 1 aliphatic rings. The molecule has 1 saturated heterocycles. The number of nitrogens with one attached hydrogen (secondary N) is 2. The smallest absolute Gasteiger partial charge is 0.335 e. The van der Waals surface area contributed by atoms with Gasteiger partial charge in [0.2, 0.25) is 5.91 Å². The molecule has 198 valence electrons. The molecule has 3 N–H and O–H groups in total. The van der Waals surface area contributed by atoms with Crippen molar-refractivity contribution in [1.82, 2.24) is 14.9 Å². The molecule has 0 saturated carbocycles. The largest absolute Gasteiger partial charge is 0.478 e. The number of pyridine rings is 1. The van der Waals surface area contributed by atoms with Crippen LogP contribution in [0.15, 0.2) is 85.2 Å². The number of hydrogen-bond acceptors (Lipinski definition) is 4. The number of rotatable bonds is 7. The highest BCUT2D eigenvalue weighted by molar-refractivity contribution is 7.80. The fourth-order valence-corrected chi connectivity index (χ4v) is 5.17. The first kappa shape index (κ1) is 26.4. The molecule has 5 rings (SSSR count). The Morgan fingerprint density at radius 2 is 1.79 bits per heavy atom. The number of carbonyl (C=O) groups excluding carboxylic acids is 1. The number of carboxylic acid groups (broad SMARTS) is 1. The summed E-state index contributed by atoms with van der Waals surface area (Å²) in [4.78, 5) is 30.2. The summed E-state index contributed by atoms with van der Waals surface area (Å²) in [5.41, 5.74) is 4.02. The Morgan fingerprint density at radius 3 is 2.44 bits per heavy atom. The highest BCUT2D eigenvalue weighted by atomic mass is 35.5. The molecule has 1 fully saturated rings. The maximum absolute atomic E-state index is 12.2. The molecule has 4 aromatic rings. The third-order valence-corrected chi connectivity index (χ3v) is 7.21. The number of aromatic carboxylic acids is 1. The average Bonchev–Trinajstić information content (AvgIpc) is 3.54. The number of hydrogen-bond donors (Lipinski definition) is 3. The van der Waals surface area contributed by atoms with Crippen LogP contribution in [0.5, 0.6) is 0 Å². The van der Waals surface area contributed by atoms with Crippen molar-refractivity contribution in [2.45, 2.75) is 25.9 Å². The van der Waals surface area contributed by atoms with Gasteiger partial charge >= 0.3 is 5.97 Å². The summed E-state index contributed by atoms with van der Waals surface area (Å²) in [7, 11) is 0. The molecule has 8 nitrogen and oxygen atoms in total. The topological polar surface area (TPSA) is 99.5 Å². The average molecular weight is 560 g/mol. The Bertz CT molecular complexity index is 1540. The van der Waals surface area contributed by atoms with Crippen molar-refractivity contribution in [2.75, 3.05) is 10.2 Å². The fourth-order valence-electron chi connectivity index (χ4n) is 4.60. The second-order valence-corrected chi connectivity index (χ2v) is 10.3. The summed E-state index contributed by atoms with van der Waals surface area (Å²) in [6, 6.07) is 21.2. The van der Waals surface area contributed by atoms with Crippen LogP contribution in [-0.2, 0) is 4.79 Å². The van der Waals surface area contributed by atoms with Crippen LogP contribution in [0.2, 0.25) is 5.02 Å². The third-order valence-electron chi connectivity index (χ3n) is 6.59. The monoisotopic (exact) mass is 559 g/mol. The molecule has 1 amide bonds. The molecule has 0 aliphatic carbocycles. The maximum Gasteiger partial charge on any atom is 0.335 e. The minimum absolute atomic E-state index is 0.122. The molecule has 1 aliphatic heterocycles. The van der Waals surface area contributed by atoms with Crippen LogP contribution in [0.4, 0.5) is 11.4 Å². The Morgan fingerprint density at radius 1 is 1.05 bits per heavy atom. The highest BCUT2D eigenvalue weighted by Gasteiger charge is 2.42. The van der Waals surface area contributed by atoms with Gasteiger partial charge in [0.1, 0.15) is 6.04 Å². The van der Waals surface area contributed by atoms with E-state index in [2.05, 4.69) is 15.6 Å². The van der Waals surface area contributed by atoms with E-state index in [1.165, 1.54) is 0 Å². The van der Waals surface area contributed by atoms with E-state index in [9.17, 15) is 14.7 Å². The Labute approximate surface area is 236 Å². The van der Waals surface area contributed by atoms with Gasteiger partial charge in [0.25, 0.3) is 0 Å². The number of anilines is 2. The summed E-state index contributed by atoms with van der Waals surface area (Å²) in [6.07, 6.45) is 3.67. The van der Waals surface area contributed by atoms with Gasteiger partial charge in [0.05, 0.1) is 28.0 Å². The van der Waals surface area contributed by atoms with E-state index in [0.29, 0.717) is 15.8 Å². The van der Waals surface area contributed by atoms with Crippen molar-refractivity contribution in [3.63, 3.8) is 0 Å². The van der Waals surface area contributed by atoms with Crippen molar-refractivity contribution in [2.24, 2.45) is 5.92 Å². The lowest BCUT2D eigenvalue weighted by Gasteiger charge is -2.29. The first-order chi connectivity index (χ1) is 18.7. The zero-order valence-electron chi connectivity index (χ0n) is 21.2. The molecule has 0 spiro atoms. The molecule has 2 aromatic carbocycles. The summed E-state index contributed by atoms with van der Waals surface area (Å²) in [6.45, 7) is 3.64. The number of nitrogens with zero attached hydrogens (tertiary/aromatic N) is 3. The van der Waals surface area contributed by atoms with Gasteiger partial charge in [-0.1, -0.05) is 31.5 Å². The van der Waals surface area contributed by atoms with Gasteiger partial charge in [0.15, 0.2) is 5.11 Å². The minimum Gasteiger partial charge on any atom is -0.478 e. The summed E-state index contributed by atoms with van der Waals surface area (Å²) in [5.74, 6) is -1.29. The normalized spacial score (nSPS) is 16.8. The van der Waals surface area contributed by atoms with Gasteiger partial charge in [-0.15, -0.1) is 0 Å². The van der Waals surface area contributed by atoms with Crippen LogP contribution in [0.1, 0.15) is 47.7 Å². The van der Waals surface area contributed by atoms with Crippen molar-refractivity contribution in [3.05, 3.63) is 107 Å². The molecule has 0 unspecified atom stereocenters. The van der Waals surface area contributed by atoms with Crippen LogP contribution in [-0.4, -0.2) is 31.6 Å². The summed E-state index contributed by atoms with van der Waals surface area (Å²) >= 11 is 12.5. The molecule has 10 heteroatoms. The van der Waals surface area contributed by atoms with Crippen molar-refractivity contribution >= 4 is 52.2 Å². The highest BCUT2D eigenvalue weighted by Crippen LogP contribution is 2.43. The zero-order chi connectivity index (χ0) is 27.7. The standard InChI is InChI=1S/C29H26ClN5O3S/c1-17(2)27(36)32-22-13-12-20(16-21(22)30)35-26(25(33-29(35)39)23-6-3-4-14-31-23)24-7-5-15-34(24)19-10-8-18(9-11-19)28(37)38/h3-17,25-26H,1-2H3,(H,32,36)(H,33,39)(H,37,38)/t25-,26-/m1/s1. The lowest BCUT2D eigenvalue weighted by molar-refractivity contribution is -0.118. The van der Waals surface area contributed by atoms with Crippen molar-refractivity contribution < 1.29 is 14.7 Å². The van der Waals surface area contributed by atoms with E-state index >= 15 is 0 Å². The number of carbonyl (C=O) groups is 2. The number of thiocarbonyl (C=S) groups is 1. The number of carboxylic acids is 1. The quantitative estimate of drug-likeness (QED) is 0.239. The first-order valence-electron chi connectivity index (χ1n) is 12.4. The zero-order valence-corrected chi connectivity index (χ0v) is 22.8. The molecular formula is C29H26ClN5O3S. The van der Waals surface area contributed by atoms with Gasteiger partial charge in [-0.3, -0.25) is 9.78 Å². The fraction of sp³-hybridized carbons (Fsp3) is 0.172. The number of benzene rings is 2. The van der Waals surface area contributed by atoms with Gasteiger partial charge < -0.3 is 25.2 Å². The van der Waals surface area contributed by atoms with Gasteiger partial charge in [-0.25, -0.2) is 4.79 Å². The van der Waals surface area contributed by atoms with E-state index in [1.54, 1.807) is 42.6 Å². The third kappa shape index (κ3) is 5.23. The number of amides is 1. The predicted octanol–water partition coefficient (Wildman–Crippen LogP) is 6.00. The van der Waals surface area contributed by atoms with E-state index in [4.69, 9.17) is 23.8 Å². The van der Waals surface area contributed by atoms with Crippen LogP contribution >= 0.6 is 23.8 Å². The second-order valence-electron chi connectivity index (χ2n) is 9.46. The van der Waals surface area contributed by atoms with E-state index in [1.807, 2.05) is 65.9 Å². The summed E-state index contributed by atoms with van der Waals surface area (Å²) in [5, 5.41) is 16.5. The number of halogens is 1. The predicted molar refractivity (Wildman–Crippen MR) is 156 cm³/mol. The molecule has 0 bridgehead atoms. The molecule has 0 radical (unpaired) electrons. The van der Waals surface area contributed by atoms with Gasteiger partial charge in [-0.2, -0.15) is 0 Å². The SMILES string of the molecule is CC(C)C(=O)Nc1ccc(N2C(=S)N[C@H](c3ccccn3)[C@H]2c2cccn2-c2ccc(C(=O)O)cc2)cc1Cl. The minimum atomic E-state index is -0.981. The van der Waals surface area contributed by atoms with Crippen molar-refractivity contribution in [3.8, 4) is 5.69 Å². The van der Waals surface area contributed by atoms with E-state index < -0.39 is 5.97 Å². The summed E-state index contributed by atoms with van der Waals surface area (Å²) < 4.78 is 2.01. The van der Waals surface area contributed by atoms with Crippen LogP contribution < -0.4 is 15.5 Å².